The summed E-state index contributed by atoms with van der Waals surface area (Å²) in [6, 6.07) is 8.21. The molecule has 2 aromatic rings. The molecule has 0 amide bonds. The molecule has 0 fully saturated rings. The second-order valence-corrected chi connectivity index (χ2v) is 6.85. The monoisotopic (exact) mass is 311 g/mol. The average Bonchev–Trinajstić information content (AvgIpc) is 2.88. The van der Waals surface area contributed by atoms with E-state index >= 15 is 0 Å². The Morgan fingerprint density at radius 3 is 2.80 bits per heavy atom. The van der Waals surface area contributed by atoms with Crippen molar-refractivity contribution < 1.29 is 4.42 Å². The van der Waals surface area contributed by atoms with Crippen molar-refractivity contribution in [3.63, 3.8) is 0 Å². The third kappa shape index (κ3) is 3.72. The van der Waals surface area contributed by atoms with Gasteiger partial charge in [0.05, 0.1) is 11.1 Å². The molecule has 1 heterocycles. The molecule has 4 heteroatoms. The second-order valence-electron chi connectivity index (χ2n) is 4.97. The van der Waals surface area contributed by atoms with Crippen molar-refractivity contribution in [1.82, 2.24) is 5.32 Å². The Labute approximate surface area is 130 Å². The second kappa shape index (κ2) is 7.39. The molecule has 1 N–H and O–H groups in total. The van der Waals surface area contributed by atoms with Crippen LogP contribution in [-0.2, 0) is 0 Å². The summed E-state index contributed by atoms with van der Waals surface area (Å²) in [5.41, 5.74) is 0.792. The maximum atomic E-state index is 6.18. The highest BCUT2D eigenvalue weighted by molar-refractivity contribution is 7.99. The van der Waals surface area contributed by atoms with E-state index in [-0.39, 0.29) is 6.04 Å². The van der Waals surface area contributed by atoms with Gasteiger partial charge in [-0.2, -0.15) is 11.8 Å². The topological polar surface area (TPSA) is 25.2 Å². The van der Waals surface area contributed by atoms with Gasteiger partial charge in [0, 0.05) is 16.4 Å². The number of hydrogen-bond donors (Lipinski definition) is 1. The van der Waals surface area contributed by atoms with Crippen LogP contribution in [0.5, 0.6) is 0 Å². The molecule has 1 aromatic heterocycles. The van der Waals surface area contributed by atoms with E-state index in [1.807, 2.05) is 30.0 Å². The predicted molar refractivity (Wildman–Crippen MR) is 89.9 cm³/mol. The third-order valence-electron chi connectivity index (χ3n) is 3.43. The highest BCUT2D eigenvalue weighted by atomic mass is 35.5. The number of furan rings is 1. The maximum Gasteiger partial charge on any atom is 0.152 e. The lowest BCUT2D eigenvalue weighted by Gasteiger charge is -2.17. The molecule has 0 aliphatic carbocycles. The Balaban J connectivity index is 2.20. The lowest BCUT2D eigenvalue weighted by Crippen LogP contribution is -2.23. The average molecular weight is 312 g/mol. The van der Waals surface area contributed by atoms with Gasteiger partial charge in [-0.3, -0.25) is 0 Å². The first-order valence-electron chi connectivity index (χ1n) is 7.18. The SMILES string of the molecule is CCNC(CSC(C)CC)c1cc2cccc(Cl)c2o1. The van der Waals surface area contributed by atoms with E-state index in [0.717, 1.165) is 29.0 Å². The van der Waals surface area contributed by atoms with Crippen LogP contribution in [-0.4, -0.2) is 17.5 Å². The van der Waals surface area contributed by atoms with Crippen LogP contribution in [0.1, 0.15) is 39.0 Å². The van der Waals surface area contributed by atoms with Crippen LogP contribution in [0.3, 0.4) is 0 Å². The summed E-state index contributed by atoms with van der Waals surface area (Å²) in [6.07, 6.45) is 1.19. The van der Waals surface area contributed by atoms with Crippen LogP contribution in [0.15, 0.2) is 28.7 Å². The quantitative estimate of drug-likeness (QED) is 0.754. The molecule has 110 valence electrons. The molecule has 0 bridgehead atoms. The van der Waals surface area contributed by atoms with Crippen LogP contribution >= 0.6 is 23.4 Å². The van der Waals surface area contributed by atoms with E-state index in [2.05, 4.69) is 32.2 Å². The van der Waals surface area contributed by atoms with Gasteiger partial charge in [-0.15, -0.1) is 0 Å². The van der Waals surface area contributed by atoms with Gasteiger partial charge in [-0.05, 0) is 25.1 Å². The molecule has 2 rings (SSSR count). The molecule has 0 saturated heterocycles. The fourth-order valence-corrected chi connectivity index (χ4v) is 3.34. The maximum absolute atomic E-state index is 6.18. The predicted octanol–water partition coefficient (Wildman–Crippen LogP) is 5.27. The number of fused-ring (bicyclic) bond motifs is 1. The van der Waals surface area contributed by atoms with Crippen LogP contribution < -0.4 is 5.32 Å². The first-order valence-corrected chi connectivity index (χ1v) is 8.61. The molecular formula is C16H22ClNOS. The van der Waals surface area contributed by atoms with Gasteiger partial charge >= 0.3 is 0 Å². The Morgan fingerprint density at radius 1 is 1.35 bits per heavy atom. The fraction of sp³-hybridized carbons (Fsp3) is 0.500. The lowest BCUT2D eigenvalue weighted by atomic mass is 10.2. The van der Waals surface area contributed by atoms with Crippen LogP contribution in [0.2, 0.25) is 5.02 Å². The van der Waals surface area contributed by atoms with Crippen molar-refractivity contribution in [3.05, 3.63) is 35.0 Å². The molecule has 0 aliphatic rings. The highest BCUT2D eigenvalue weighted by Crippen LogP contribution is 2.31. The van der Waals surface area contributed by atoms with Gasteiger partial charge in [0.1, 0.15) is 5.76 Å². The zero-order chi connectivity index (χ0) is 14.5. The Hall–Kier alpha value is -0.640. The Morgan fingerprint density at radius 2 is 2.15 bits per heavy atom. The van der Waals surface area contributed by atoms with Crippen molar-refractivity contribution in [1.29, 1.82) is 0 Å². The first-order chi connectivity index (χ1) is 9.65. The van der Waals surface area contributed by atoms with Crippen molar-refractivity contribution in [2.45, 2.75) is 38.5 Å². The molecule has 0 spiro atoms. The molecule has 0 aliphatic heterocycles. The van der Waals surface area contributed by atoms with Crippen molar-refractivity contribution in [2.75, 3.05) is 12.3 Å². The number of thioether (sulfide) groups is 1. The van der Waals surface area contributed by atoms with Gasteiger partial charge in [0.15, 0.2) is 5.58 Å². The Bertz CT molecular complexity index is 554. The number of nitrogens with one attached hydrogen (secondary N) is 1. The van der Waals surface area contributed by atoms with Gasteiger partial charge in [0.2, 0.25) is 0 Å². The Kier molecular flexibility index (Phi) is 5.82. The molecule has 2 nitrogen and oxygen atoms in total. The summed E-state index contributed by atoms with van der Waals surface area (Å²) >= 11 is 8.16. The lowest BCUT2D eigenvalue weighted by molar-refractivity contribution is 0.463. The summed E-state index contributed by atoms with van der Waals surface area (Å²) in [5, 5.41) is 5.92. The number of halogens is 1. The van der Waals surface area contributed by atoms with Crippen molar-refractivity contribution in [3.8, 4) is 0 Å². The summed E-state index contributed by atoms with van der Waals surface area (Å²) in [5.74, 6) is 1.99. The zero-order valence-electron chi connectivity index (χ0n) is 12.3. The van der Waals surface area contributed by atoms with Crippen molar-refractivity contribution in [2.24, 2.45) is 0 Å². The number of hydrogen-bond acceptors (Lipinski definition) is 3. The van der Waals surface area contributed by atoms with Gasteiger partial charge < -0.3 is 9.73 Å². The van der Waals surface area contributed by atoms with Gasteiger partial charge in [-0.1, -0.05) is 44.5 Å². The smallest absolute Gasteiger partial charge is 0.152 e. The van der Waals surface area contributed by atoms with E-state index in [4.69, 9.17) is 16.0 Å². The molecular weight excluding hydrogens is 290 g/mol. The van der Waals surface area contributed by atoms with Gasteiger partial charge in [0.25, 0.3) is 0 Å². The van der Waals surface area contributed by atoms with E-state index in [0.29, 0.717) is 10.3 Å². The molecule has 0 saturated carbocycles. The highest BCUT2D eigenvalue weighted by Gasteiger charge is 2.17. The molecule has 2 atom stereocenters. The molecule has 2 unspecified atom stereocenters. The fourth-order valence-electron chi connectivity index (χ4n) is 2.09. The minimum atomic E-state index is 0.238. The standard InChI is InChI=1S/C16H22ClNOS/c1-4-11(3)20-10-14(18-5-2)15-9-12-7-6-8-13(17)16(12)19-15/h6-9,11,14,18H,4-5,10H2,1-3H3. The van der Waals surface area contributed by atoms with Crippen molar-refractivity contribution >= 4 is 34.3 Å². The number of benzene rings is 1. The summed E-state index contributed by atoms with van der Waals surface area (Å²) in [4.78, 5) is 0. The van der Waals surface area contributed by atoms with E-state index in [1.165, 1.54) is 6.42 Å². The molecule has 0 radical (unpaired) electrons. The first kappa shape index (κ1) is 15.7. The van der Waals surface area contributed by atoms with Crippen LogP contribution in [0, 0.1) is 0 Å². The zero-order valence-corrected chi connectivity index (χ0v) is 13.9. The summed E-state index contributed by atoms with van der Waals surface area (Å²) < 4.78 is 5.97. The van der Waals surface area contributed by atoms with E-state index in [1.54, 1.807) is 0 Å². The van der Waals surface area contributed by atoms with Crippen LogP contribution in [0.25, 0.3) is 11.0 Å². The molecule has 1 aromatic carbocycles. The largest absolute Gasteiger partial charge is 0.458 e. The molecule has 20 heavy (non-hydrogen) atoms. The van der Waals surface area contributed by atoms with Gasteiger partial charge in [-0.25, -0.2) is 0 Å². The third-order valence-corrected chi connectivity index (χ3v) is 5.16. The van der Waals surface area contributed by atoms with E-state index in [9.17, 15) is 0 Å². The summed E-state index contributed by atoms with van der Waals surface area (Å²) in [7, 11) is 0. The normalized spacial score (nSPS) is 14.6. The summed E-state index contributed by atoms with van der Waals surface area (Å²) in [6.45, 7) is 7.54. The minimum absolute atomic E-state index is 0.238. The van der Waals surface area contributed by atoms with E-state index < -0.39 is 0 Å². The number of rotatable bonds is 7. The van der Waals surface area contributed by atoms with Crippen LogP contribution in [0.4, 0.5) is 0 Å². The minimum Gasteiger partial charge on any atom is -0.458 e. The number of para-hydroxylation sites is 1.